The Morgan fingerprint density at radius 2 is 2.11 bits per heavy atom. The summed E-state index contributed by atoms with van der Waals surface area (Å²) in [5, 5.41) is 3.05. The van der Waals surface area contributed by atoms with Crippen molar-refractivity contribution in [3.8, 4) is 0 Å². The number of halogens is 1. The Labute approximate surface area is 114 Å². The van der Waals surface area contributed by atoms with Gasteiger partial charge >= 0.3 is 0 Å². The maximum atomic E-state index is 12.1. The van der Waals surface area contributed by atoms with E-state index in [-0.39, 0.29) is 11.3 Å². The highest BCUT2D eigenvalue weighted by Crippen LogP contribution is 2.48. The van der Waals surface area contributed by atoms with Crippen LogP contribution in [0, 0.1) is 19.3 Å². The Hall–Kier alpha value is -1.02. The van der Waals surface area contributed by atoms with Crippen molar-refractivity contribution in [3.05, 3.63) is 34.9 Å². The zero-order valence-corrected chi connectivity index (χ0v) is 11.8. The Morgan fingerprint density at radius 3 is 2.67 bits per heavy atom. The lowest BCUT2D eigenvalue weighted by Gasteiger charge is -2.15. The lowest BCUT2D eigenvalue weighted by molar-refractivity contribution is 0.0944. The van der Waals surface area contributed by atoms with Crippen LogP contribution in [0.1, 0.15) is 40.7 Å². The molecule has 0 saturated heterocycles. The summed E-state index contributed by atoms with van der Waals surface area (Å²) < 4.78 is 0. The number of benzene rings is 1. The smallest absolute Gasteiger partial charge is 0.251 e. The zero-order chi connectivity index (χ0) is 13.2. The Morgan fingerprint density at radius 1 is 1.39 bits per heavy atom. The second kappa shape index (κ2) is 5.31. The van der Waals surface area contributed by atoms with Crippen molar-refractivity contribution >= 4 is 17.5 Å². The van der Waals surface area contributed by atoms with Crippen molar-refractivity contribution in [2.75, 3.05) is 12.4 Å². The first-order valence-corrected chi connectivity index (χ1v) is 7.01. The van der Waals surface area contributed by atoms with Crippen LogP contribution in [0.15, 0.2) is 18.2 Å². The van der Waals surface area contributed by atoms with Gasteiger partial charge in [-0.2, -0.15) is 0 Å². The summed E-state index contributed by atoms with van der Waals surface area (Å²) >= 11 is 5.79. The minimum Gasteiger partial charge on any atom is -0.351 e. The van der Waals surface area contributed by atoms with Crippen molar-refractivity contribution in [1.82, 2.24) is 5.32 Å². The number of carbonyl (C=O) groups excluding carboxylic acids is 1. The highest BCUT2D eigenvalue weighted by Gasteiger charge is 2.41. The molecule has 1 aliphatic carbocycles. The molecule has 1 aromatic carbocycles. The first-order chi connectivity index (χ1) is 8.56. The van der Waals surface area contributed by atoms with E-state index < -0.39 is 0 Å². The fourth-order valence-corrected chi connectivity index (χ4v) is 2.72. The second-order valence-electron chi connectivity index (χ2n) is 5.44. The third kappa shape index (κ3) is 3.05. The predicted octanol–water partition coefficient (Wildman–Crippen LogP) is 3.44. The molecule has 18 heavy (non-hydrogen) atoms. The first kappa shape index (κ1) is 13.4. The Bertz CT molecular complexity index is 452. The summed E-state index contributed by atoms with van der Waals surface area (Å²) in [5.74, 6) is 0.715. The molecule has 1 aliphatic rings. The number of hydrogen-bond acceptors (Lipinski definition) is 1. The van der Waals surface area contributed by atoms with Gasteiger partial charge in [-0.3, -0.25) is 4.79 Å². The van der Waals surface area contributed by atoms with Gasteiger partial charge in [-0.25, -0.2) is 0 Å². The molecule has 0 atom stereocenters. The molecule has 98 valence electrons. The lowest BCUT2D eigenvalue weighted by Crippen LogP contribution is -2.30. The Balaban J connectivity index is 1.96. The molecule has 1 aromatic rings. The average molecular weight is 266 g/mol. The molecule has 0 bridgehead atoms. The molecule has 0 aromatic heterocycles. The van der Waals surface area contributed by atoms with Crippen molar-refractivity contribution in [1.29, 1.82) is 0 Å². The van der Waals surface area contributed by atoms with Crippen LogP contribution in [0.5, 0.6) is 0 Å². The van der Waals surface area contributed by atoms with Gasteiger partial charge in [-0.05, 0) is 50.2 Å². The van der Waals surface area contributed by atoms with E-state index in [0.717, 1.165) is 24.1 Å². The van der Waals surface area contributed by atoms with Crippen molar-refractivity contribution < 1.29 is 4.79 Å². The van der Waals surface area contributed by atoms with Crippen LogP contribution >= 0.6 is 11.6 Å². The molecule has 1 N–H and O–H groups in total. The number of alkyl halides is 1. The van der Waals surface area contributed by atoms with Crippen LogP contribution in [0.2, 0.25) is 0 Å². The minimum absolute atomic E-state index is 0.0355. The van der Waals surface area contributed by atoms with Gasteiger partial charge in [-0.1, -0.05) is 17.7 Å². The van der Waals surface area contributed by atoms with E-state index in [0.29, 0.717) is 5.88 Å². The molecule has 0 heterocycles. The molecule has 2 rings (SSSR count). The standard InChI is InChI=1S/C15H20ClNO/c1-11-3-4-13(12(2)9-11)14(18)17-10-15(5-6-15)7-8-16/h3-4,9H,5-8,10H2,1-2H3,(H,17,18). The van der Waals surface area contributed by atoms with E-state index in [1.165, 1.54) is 18.4 Å². The van der Waals surface area contributed by atoms with Crippen molar-refractivity contribution in [2.24, 2.45) is 5.41 Å². The molecule has 0 spiro atoms. The monoisotopic (exact) mass is 265 g/mol. The molecular formula is C15H20ClNO. The van der Waals surface area contributed by atoms with Gasteiger partial charge in [0.1, 0.15) is 0 Å². The third-order valence-electron chi connectivity index (χ3n) is 3.83. The van der Waals surface area contributed by atoms with Crippen LogP contribution in [-0.2, 0) is 0 Å². The number of rotatable bonds is 5. The number of nitrogens with one attached hydrogen (secondary N) is 1. The van der Waals surface area contributed by atoms with E-state index in [9.17, 15) is 4.79 Å². The predicted molar refractivity (Wildman–Crippen MR) is 75.3 cm³/mol. The van der Waals surface area contributed by atoms with E-state index in [4.69, 9.17) is 11.6 Å². The molecule has 0 radical (unpaired) electrons. The van der Waals surface area contributed by atoms with Gasteiger partial charge in [0.2, 0.25) is 0 Å². The average Bonchev–Trinajstić information content (AvgIpc) is 3.07. The lowest BCUT2D eigenvalue weighted by atomic mass is 10.0. The van der Waals surface area contributed by atoms with Crippen molar-refractivity contribution in [3.63, 3.8) is 0 Å². The molecule has 3 heteroatoms. The molecular weight excluding hydrogens is 246 g/mol. The quantitative estimate of drug-likeness (QED) is 0.812. The van der Waals surface area contributed by atoms with Gasteiger partial charge in [0.15, 0.2) is 0 Å². The largest absolute Gasteiger partial charge is 0.351 e. The van der Waals surface area contributed by atoms with Gasteiger partial charge in [-0.15, -0.1) is 11.6 Å². The van der Waals surface area contributed by atoms with Gasteiger partial charge in [0.25, 0.3) is 5.91 Å². The van der Waals surface area contributed by atoms with Gasteiger partial charge in [0, 0.05) is 18.0 Å². The number of aryl methyl sites for hydroxylation is 2. The summed E-state index contributed by atoms with van der Waals surface area (Å²) in [5.41, 5.74) is 3.29. The van der Waals surface area contributed by atoms with Gasteiger partial charge < -0.3 is 5.32 Å². The molecule has 0 aliphatic heterocycles. The summed E-state index contributed by atoms with van der Waals surface area (Å²) in [6.07, 6.45) is 3.38. The third-order valence-corrected chi connectivity index (χ3v) is 4.02. The fourth-order valence-electron chi connectivity index (χ4n) is 2.32. The van der Waals surface area contributed by atoms with E-state index in [1.807, 2.05) is 32.0 Å². The maximum Gasteiger partial charge on any atom is 0.251 e. The summed E-state index contributed by atoms with van der Waals surface area (Å²) in [6.45, 7) is 4.77. The van der Waals surface area contributed by atoms with Crippen LogP contribution in [-0.4, -0.2) is 18.3 Å². The highest BCUT2D eigenvalue weighted by atomic mass is 35.5. The van der Waals surface area contributed by atoms with Gasteiger partial charge in [0.05, 0.1) is 0 Å². The topological polar surface area (TPSA) is 29.1 Å². The molecule has 1 amide bonds. The van der Waals surface area contributed by atoms with Crippen LogP contribution in [0.4, 0.5) is 0 Å². The number of hydrogen-bond donors (Lipinski definition) is 1. The number of carbonyl (C=O) groups is 1. The fraction of sp³-hybridized carbons (Fsp3) is 0.533. The molecule has 1 fully saturated rings. The summed E-state index contributed by atoms with van der Waals surface area (Å²) in [4.78, 5) is 12.1. The molecule has 1 saturated carbocycles. The van der Waals surface area contributed by atoms with Crippen molar-refractivity contribution in [2.45, 2.75) is 33.1 Å². The van der Waals surface area contributed by atoms with Crippen LogP contribution in [0.25, 0.3) is 0 Å². The highest BCUT2D eigenvalue weighted by molar-refractivity contribution is 6.17. The normalized spacial score (nSPS) is 16.4. The van der Waals surface area contributed by atoms with E-state index in [2.05, 4.69) is 5.32 Å². The SMILES string of the molecule is Cc1ccc(C(=O)NCC2(CCCl)CC2)c(C)c1. The maximum absolute atomic E-state index is 12.1. The van der Waals surface area contributed by atoms with E-state index >= 15 is 0 Å². The Kier molecular flexibility index (Phi) is 3.96. The molecule has 2 nitrogen and oxygen atoms in total. The summed E-state index contributed by atoms with van der Waals surface area (Å²) in [6, 6.07) is 5.93. The molecule has 0 unspecified atom stereocenters. The first-order valence-electron chi connectivity index (χ1n) is 6.48. The number of amides is 1. The second-order valence-corrected chi connectivity index (χ2v) is 5.82. The van der Waals surface area contributed by atoms with Crippen LogP contribution in [0.3, 0.4) is 0 Å². The zero-order valence-electron chi connectivity index (χ0n) is 11.1. The summed E-state index contributed by atoms with van der Waals surface area (Å²) in [7, 11) is 0. The van der Waals surface area contributed by atoms with Crippen LogP contribution < -0.4 is 5.32 Å². The van der Waals surface area contributed by atoms with E-state index in [1.54, 1.807) is 0 Å². The minimum atomic E-state index is 0.0355.